The first-order valence-corrected chi connectivity index (χ1v) is 12.1. The molecule has 1 unspecified atom stereocenters. The zero-order valence-corrected chi connectivity index (χ0v) is 21.1. The molecule has 164 valence electrons. The molecule has 1 aliphatic rings. The maximum absolute atomic E-state index is 12.8. The number of thioether (sulfide) groups is 1. The molecule has 1 amide bonds. The standard InChI is InChI=1S/C21H16Br2N4O4S/c1-10(28)27-16-6-5-13(22)9-14(16)18-19(24-21(32-3)26-25-18)31-20(27)12-4-7-17(15(23)8-12)30-11(2)29/h4-9,20H,1-3H3. The minimum atomic E-state index is -0.845. The summed E-state index contributed by atoms with van der Waals surface area (Å²) in [6, 6.07) is 10.6. The van der Waals surface area contributed by atoms with Crippen LogP contribution in [0.5, 0.6) is 11.6 Å². The number of amides is 1. The zero-order valence-electron chi connectivity index (χ0n) is 17.1. The van der Waals surface area contributed by atoms with Crippen LogP contribution in [0.4, 0.5) is 5.69 Å². The van der Waals surface area contributed by atoms with Gasteiger partial charge >= 0.3 is 5.97 Å². The summed E-state index contributed by atoms with van der Waals surface area (Å²) in [7, 11) is 0. The van der Waals surface area contributed by atoms with Crippen LogP contribution >= 0.6 is 43.6 Å². The Labute approximate surface area is 205 Å². The van der Waals surface area contributed by atoms with Crippen molar-refractivity contribution in [1.82, 2.24) is 15.2 Å². The van der Waals surface area contributed by atoms with E-state index in [0.717, 1.165) is 4.47 Å². The molecule has 4 rings (SSSR count). The first kappa shape index (κ1) is 22.7. The van der Waals surface area contributed by atoms with Crippen LogP contribution < -0.4 is 14.4 Å². The van der Waals surface area contributed by atoms with E-state index in [9.17, 15) is 9.59 Å². The van der Waals surface area contributed by atoms with Crippen LogP contribution in [0, 0.1) is 0 Å². The average molecular weight is 580 g/mol. The van der Waals surface area contributed by atoms with Gasteiger partial charge in [0.05, 0.1) is 10.2 Å². The third-order valence-electron chi connectivity index (χ3n) is 4.58. The molecule has 3 aromatic rings. The highest BCUT2D eigenvalue weighted by Gasteiger charge is 2.35. The lowest BCUT2D eigenvalue weighted by Crippen LogP contribution is -2.36. The molecule has 0 radical (unpaired) electrons. The molecule has 0 aliphatic carbocycles. The van der Waals surface area contributed by atoms with E-state index in [1.807, 2.05) is 24.5 Å². The van der Waals surface area contributed by atoms with Gasteiger partial charge in [-0.25, -0.2) is 0 Å². The second kappa shape index (κ2) is 9.16. The summed E-state index contributed by atoms with van der Waals surface area (Å²) in [6.07, 6.45) is 0.997. The molecule has 0 saturated carbocycles. The van der Waals surface area contributed by atoms with E-state index in [0.29, 0.717) is 37.9 Å². The van der Waals surface area contributed by atoms with Crippen LogP contribution in [0.1, 0.15) is 25.6 Å². The molecule has 2 heterocycles. The summed E-state index contributed by atoms with van der Waals surface area (Å²) in [6.45, 7) is 2.79. The number of halogens is 2. The van der Waals surface area contributed by atoms with Crippen LogP contribution in [0.2, 0.25) is 0 Å². The molecule has 0 N–H and O–H groups in total. The Morgan fingerprint density at radius 2 is 1.91 bits per heavy atom. The lowest BCUT2D eigenvalue weighted by Gasteiger charge is -2.30. The Morgan fingerprint density at radius 1 is 1.12 bits per heavy atom. The van der Waals surface area contributed by atoms with Crippen molar-refractivity contribution in [3.05, 3.63) is 50.9 Å². The smallest absolute Gasteiger partial charge is 0.308 e. The summed E-state index contributed by atoms with van der Waals surface area (Å²) in [5.41, 5.74) is 2.35. The third kappa shape index (κ3) is 4.37. The first-order chi connectivity index (χ1) is 15.3. The van der Waals surface area contributed by atoms with E-state index in [1.165, 1.54) is 30.5 Å². The molecule has 0 spiro atoms. The van der Waals surface area contributed by atoms with Crippen molar-refractivity contribution >= 4 is 61.2 Å². The van der Waals surface area contributed by atoms with E-state index in [1.54, 1.807) is 18.2 Å². The van der Waals surface area contributed by atoms with Gasteiger partial charge < -0.3 is 9.47 Å². The van der Waals surface area contributed by atoms with E-state index in [4.69, 9.17) is 9.47 Å². The highest BCUT2D eigenvalue weighted by molar-refractivity contribution is 9.10. The molecule has 0 saturated heterocycles. The monoisotopic (exact) mass is 578 g/mol. The molecular weight excluding hydrogens is 564 g/mol. The first-order valence-electron chi connectivity index (χ1n) is 9.31. The van der Waals surface area contributed by atoms with Crippen molar-refractivity contribution in [2.45, 2.75) is 25.2 Å². The van der Waals surface area contributed by atoms with Crippen LogP contribution in [0.25, 0.3) is 11.3 Å². The van der Waals surface area contributed by atoms with Crippen molar-refractivity contribution in [3.63, 3.8) is 0 Å². The number of ether oxygens (including phenoxy) is 2. The Morgan fingerprint density at radius 3 is 2.56 bits per heavy atom. The summed E-state index contributed by atoms with van der Waals surface area (Å²) >= 11 is 8.25. The Bertz CT molecular complexity index is 1240. The second-order valence-electron chi connectivity index (χ2n) is 6.76. The van der Waals surface area contributed by atoms with Crippen LogP contribution in [-0.2, 0) is 9.59 Å². The van der Waals surface area contributed by atoms with E-state index >= 15 is 0 Å². The number of hydrogen-bond donors (Lipinski definition) is 0. The molecule has 1 aromatic heterocycles. The van der Waals surface area contributed by atoms with Crippen molar-refractivity contribution in [3.8, 4) is 22.9 Å². The number of benzene rings is 2. The minimum absolute atomic E-state index is 0.232. The lowest BCUT2D eigenvalue weighted by atomic mass is 10.1. The number of fused-ring (bicyclic) bond motifs is 3. The Kier molecular flexibility index (Phi) is 6.50. The number of anilines is 1. The Hall–Kier alpha value is -2.50. The van der Waals surface area contributed by atoms with Crippen molar-refractivity contribution in [2.24, 2.45) is 0 Å². The van der Waals surface area contributed by atoms with Gasteiger partial charge in [0.1, 0.15) is 5.75 Å². The predicted octanol–water partition coefficient (Wildman–Crippen LogP) is 5.15. The number of hydrogen-bond acceptors (Lipinski definition) is 8. The molecule has 32 heavy (non-hydrogen) atoms. The van der Waals surface area contributed by atoms with Crippen LogP contribution in [0.3, 0.4) is 0 Å². The number of esters is 1. The zero-order chi connectivity index (χ0) is 23.0. The summed E-state index contributed by atoms with van der Waals surface area (Å²) in [4.78, 5) is 30.2. The van der Waals surface area contributed by atoms with E-state index < -0.39 is 12.2 Å². The van der Waals surface area contributed by atoms with E-state index in [2.05, 4.69) is 47.0 Å². The minimum Gasteiger partial charge on any atom is -0.447 e. The van der Waals surface area contributed by atoms with Gasteiger partial charge in [-0.15, -0.1) is 10.2 Å². The molecule has 2 aromatic carbocycles. The lowest BCUT2D eigenvalue weighted by molar-refractivity contribution is -0.132. The number of nitrogens with zero attached hydrogens (tertiary/aromatic N) is 4. The van der Waals surface area contributed by atoms with Crippen molar-refractivity contribution in [1.29, 1.82) is 0 Å². The van der Waals surface area contributed by atoms with Gasteiger partial charge in [-0.1, -0.05) is 27.7 Å². The molecule has 1 aliphatic heterocycles. The topological polar surface area (TPSA) is 94.5 Å². The van der Waals surface area contributed by atoms with Gasteiger partial charge in [0, 0.05) is 29.4 Å². The predicted molar refractivity (Wildman–Crippen MR) is 127 cm³/mol. The second-order valence-corrected chi connectivity index (χ2v) is 9.30. The summed E-state index contributed by atoms with van der Waals surface area (Å²) in [5, 5.41) is 8.93. The Balaban J connectivity index is 1.92. The average Bonchev–Trinajstić information content (AvgIpc) is 2.88. The number of rotatable bonds is 3. The van der Waals surface area contributed by atoms with Gasteiger partial charge in [-0.05, 0) is 58.6 Å². The van der Waals surface area contributed by atoms with Gasteiger partial charge in [0.15, 0.2) is 5.69 Å². The fourth-order valence-electron chi connectivity index (χ4n) is 3.29. The fraction of sp³-hybridized carbons (Fsp3) is 0.190. The van der Waals surface area contributed by atoms with Gasteiger partial charge in [0.2, 0.25) is 23.2 Å². The molecule has 1 atom stereocenters. The maximum Gasteiger partial charge on any atom is 0.308 e. The van der Waals surface area contributed by atoms with Gasteiger partial charge in [0.25, 0.3) is 0 Å². The normalized spacial score (nSPS) is 14.7. The summed E-state index contributed by atoms with van der Waals surface area (Å²) in [5.74, 6) is -0.0415. The SMILES string of the molecule is CSc1nnc2c(n1)OC(c1ccc(OC(C)=O)c(Br)c1)N(C(C)=O)c1ccc(Br)cc1-2. The molecule has 0 fully saturated rings. The van der Waals surface area contributed by atoms with Gasteiger partial charge in [-0.3, -0.25) is 14.5 Å². The summed E-state index contributed by atoms with van der Waals surface area (Å²) < 4.78 is 12.8. The molecule has 0 bridgehead atoms. The van der Waals surface area contributed by atoms with Crippen LogP contribution in [-0.4, -0.2) is 33.3 Å². The van der Waals surface area contributed by atoms with E-state index in [-0.39, 0.29) is 11.8 Å². The molecule has 8 nitrogen and oxygen atoms in total. The number of carbonyl (C=O) groups excluding carboxylic acids is 2. The van der Waals surface area contributed by atoms with Crippen LogP contribution in [0.15, 0.2) is 50.5 Å². The molecule has 11 heteroatoms. The van der Waals surface area contributed by atoms with Crippen molar-refractivity contribution < 1.29 is 19.1 Å². The maximum atomic E-state index is 12.8. The van der Waals surface area contributed by atoms with Gasteiger partial charge in [-0.2, -0.15) is 4.98 Å². The fourth-order valence-corrected chi connectivity index (χ4v) is 4.42. The molecular formula is C21H16Br2N4O4S. The highest BCUT2D eigenvalue weighted by atomic mass is 79.9. The number of carbonyl (C=O) groups is 2. The largest absolute Gasteiger partial charge is 0.447 e. The highest BCUT2D eigenvalue weighted by Crippen LogP contribution is 2.45. The quantitative estimate of drug-likeness (QED) is 0.239. The number of aromatic nitrogens is 3. The third-order valence-corrected chi connectivity index (χ3v) is 6.23. The van der Waals surface area contributed by atoms with Crippen molar-refractivity contribution in [2.75, 3.05) is 11.2 Å².